The van der Waals surface area contributed by atoms with Crippen LogP contribution in [0.3, 0.4) is 0 Å². The highest BCUT2D eigenvalue weighted by Crippen LogP contribution is 2.24. The second kappa shape index (κ2) is 4.13. The lowest BCUT2D eigenvalue weighted by molar-refractivity contribution is 0.630. The van der Waals surface area contributed by atoms with E-state index in [1.807, 2.05) is 0 Å². The fourth-order valence-corrected chi connectivity index (χ4v) is 2.01. The average molecular weight is 272 g/mol. The molecular formula is C11H11Cl2N3O. The van der Waals surface area contributed by atoms with Gasteiger partial charge in [0.05, 0.1) is 16.4 Å². The van der Waals surface area contributed by atoms with Crippen LogP contribution in [-0.4, -0.2) is 9.36 Å². The van der Waals surface area contributed by atoms with Crippen LogP contribution in [-0.2, 0) is 7.05 Å². The zero-order valence-corrected chi connectivity index (χ0v) is 10.9. The van der Waals surface area contributed by atoms with Crippen molar-refractivity contribution in [2.75, 3.05) is 5.73 Å². The standard InChI is InChI=1S/C11H11Cl2N3O/c1-6-10(14)11(17)16(15(6)2)9-5-7(12)3-4-8(9)13/h3-5H,14H2,1-2H3. The van der Waals surface area contributed by atoms with Gasteiger partial charge in [-0.15, -0.1) is 0 Å². The summed E-state index contributed by atoms with van der Waals surface area (Å²) >= 11 is 12.0. The minimum absolute atomic E-state index is 0.212. The summed E-state index contributed by atoms with van der Waals surface area (Å²) in [4.78, 5) is 12.0. The molecule has 0 amide bonds. The van der Waals surface area contributed by atoms with Crippen molar-refractivity contribution < 1.29 is 0 Å². The first kappa shape index (κ1) is 12.1. The van der Waals surface area contributed by atoms with Crippen molar-refractivity contribution in [1.29, 1.82) is 0 Å². The highest BCUT2D eigenvalue weighted by Gasteiger charge is 2.15. The second-order valence-electron chi connectivity index (χ2n) is 3.74. The number of halogens is 2. The summed E-state index contributed by atoms with van der Waals surface area (Å²) in [6.45, 7) is 1.77. The smallest absolute Gasteiger partial charge is 0.294 e. The van der Waals surface area contributed by atoms with Crippen LogP contribution in [0.4, 0.5) is 5.69 Å². The van der Waals surface area contributed by atoms with E-state index >= 15 is 0 Å². The van der Waals surface area contributed by atoms with E-state index in [0.717, 1.165) is 0 Å². The fourth-order valence-electron chi connectivity index (χ4n) is 1.65. The minimum Gasteiger partial charge on any atom is -0.393 e. The molecular weight excluding hydrogens is 261 g/mol. The molecule has 1 heterocycles. The first-order valence-corrected chi connectivity index (χ1v) is 5.68. The van der Waals surface area contributed by atoms with Gasteiger partial charge in [0.25, 0.3) is 5.56 Å². The molecule has 0 aliphatic carbocycles. The van der Waals surface area contributed by atoms with Gasteiger partial charge < -0.3 is 5.73 Å². The van der Waals surface area contributed by atoms with Crippen LogP contribution >= 0.6 is 23.2 Å². The summed E-state index contributed by atoms with van der Waals surface area (Å²) in [6.07, 6.45) is 0. The maximum absolute atomic E-state index is 12.0. The molecule has 0 unspecified atom stereocenters. The van der Waals surface area contributed by atoms with E-state index in [0.29, 0.717) is 21.4 Å². The topological polar surface area (TPSA) is 53.0 Å². The van der Waals surface area contributed by atoms with Crippen molar-refractivity contribution >= 4 is 28.9 Å². The Kier molecular flexibility index (Phi) is 2.93. The van der Waals surface area contributed by atoms with Crippen molar-refractivity contribution in [2.45, 2.75) is 6.92 Å². The van der Waals surface area contributed by atoms with Gasteiger partial charge >= 0.3 is 0 Å². The molecule has 1 aromatic heterocycles. The van der Waals surface area contributed by atoms with E-state index in [2.05, 4.69) is 0 Å². The molecule has 2 N–H and O–H groups in total. The molecule has 0 bridgehead atoms. The molecule has 2 rings (SSSR count). The van der Waals surface area contributed by atoms with Gasteiger partial charge in [0.1, 0.15) is 5.69 Å². The number of benzene rings is 1. The predicted octanol–water partition coefficient (Wildman–Crippen LogP) is 2.37. The molecule has 90 valence electrons. The van der Waals surface area contributed by atoms with Gasteiger partial charge in [0, 0.05) is 12.1 Å². The van der Waals surface area contributed by atoms with Crippen molar-refractivity contribution in [1.82, 2.24) is 9.36 Å². The van der Waals surface area contributed by atoms with Gasteiger partial charge in [0.15, 0.2) is 0 Å². The maximum Gasteiger partial charge on any atom is 0.294 e. The molecule has 0 fully saturated rings. The van der Waals surface area contributed by atoms with Crippen LogP contribution in [0, 0.1) is 6.92 Å². The van der Waals surface area contributed by atoms with E-state index in [1.165, 1.54) is 4.68 Å². The maximum atomic E-state index is 12.0. The lowest BCUT2D eigenvalue weighted by atomic mass is 10.3. The lowest BCUT2D eigenvalue weighted by Crippen LogP contribution is -2.21. The van der Waals surface area contributed by atoms with Crippen LogP contribution in [0.15, 0.2) is 23.0 Å². The summed E-state index contributed by atoms with van der Waals surface area (Å²) in [7, 11) is 1.74. The van der Waals surface area contributed by atoms with Crippen LogP contribution < -0.4 is 11.3 Å². The van der Waals surface area contributed by atoms with E-state index in [1.54, 1.807) is 36.9 Å². The van der Waals surface area contributed by atoms with Crippen LogP contribution in [0.25, 0.3) is 5.69 Å². The van der Waals surface area contributed by atoms with E-state index in [-0.39, 0.29) is 11.2 Å². The Bertz CT molecular complexity index is 643. The van der Waals surface area contributed by atoms with Crippen molar-refractivity contribution in [3.63, 3.8) is 0 Å². The monoisotopic (exact) mass is 271 g/mol. The van der Waals surface area contributed by atoms with E-state index in [4.69, 9.17) is 28.9 Å². The number of nitrogens with two attached hydrogens (primary N) is 1. The third-order valence-corrected chi connectivity index (χ3v) is 3.29. The van der Waals surface area contributed by atoms with Gasteiger partial charge in [-0.1, -0.05) is 23.2 Å². The van der Waals surface area contributed by atoms with E-state index in [9.17, 15) is 4.79 Å². The number of anilines is 1. The summed E-state index contributed by atoms with van der Waals surface area (Å²) in [6, 6.07) is 4.94. The number of nitrogen functional groups attached to an aromatic ring is 1. The zero-order chi connectivity index (χ0) is 12.7. The van der Waals surface area contributed by atoms with Crippen LogP contribution in [0.1, 0.15) is 5.69 Å². The Balaban J connectivity index is 2.82. The predicted molar refractivity (Wildman–Crippen MR) is 70.2 cm³/mol. The number of hydrogen-bond acceptors (Lipinski definition) is 2. The average Bonchev–Trinajstić information content (AvgIpc) is 2.48. The number of hydrogen-bond donors (Lipinski definition) is 1. The molecule has 0 saturated carbocycles. The zero-order valence-electron chi connectivity index (χ0n) is 9.37. The summed E-state index contributed by atoms with van der Waals surface area (Å²) in [5.74, 6) is 0. The number of rotatable bonds is 1. The Labute approximate surface area is 108 Å². The highest BCUT2D eigenvalue weighted by molar-refractivity contribution is 6.34. The van der Waals surface area contributed by atoms with Gasteiger partial charge in [-0.25, -0.2) is 4.68 Å². The molecule has 1 aromatic carbocycles. The van der Waals surface area contributed by atoms with Crippen molar-refractivity contribution in [3.8, 4) is 5.69 Å². The fraction of sp³-hybridized carbons (Fsp3) is 0.182. The number of nitrogens with zero attached hydrogens (tertiary/aromatic N) is 2. The quantitative estimate of drug-likeness (QED) is 0.866. The Morgan fingerprint density at radius 2 is 1.94 bits per heavy atom. The molecule has 0 aliphatic heterocycles. The molecule has 17 heavy (non-hydrogen) atoms. The van der Waals surface area contributed by atoms with Gasteiger partial charge in [0.2, 0.25) is 0 Å². The number of aromatic nitrogens is 2. The van der Waals surface area contributed by atoms with Gasteiger partial charge in [-0.2, -0.15) is 0 Å². The Morgan fingerprint density at radius 3 is 2.47 bits per heavy atom. The Hall–Kier alpha value is -1.39. The third kappa shape index (κ3) is 1.83. The summed E-state index contributed by atoms with van der Waals surface area (Å²) in [5.41, 5.74) is 6.82. The molecule has 0 saturated heterocycles. The summed E-state index contributed by atoms with van der Waals surface area (Å²) in [5, 5.41) is 0.950. The van der Waals surface area contributed by atoms with Crippen molar-refractivity contribution in [3.05, 3.63) is 44.3 Å². The first-order valence-electron chi connectivity index (χ1n) is 4.93. The van der Waals surface area contributed by atoms with Gasteiger partial charge in [-0.3, -0.25) is 9.48 Å². The van der Waals surface area contributed by atoms with Gasteiger partial charge in [-0.05, 0) is 25.1 Å². The SMILES string of the molecule is Cc1c(N)c(=O)n(-c2cc(Cl)ccc2Cl)n1C. The molecule has 0 atom stereocenters. The normalized spacial score (nSPS) is 10.8. The molecule has 6 heteroatoms. The molecule has 0 radical (unpaired) electrons. The lowest BCUT2D eigenvalue weighted by Gasteiger charge is -2.10. The van der Waals surface area contributed by atoms with E-state index < -0.39 is 0 Å². The first-order chi connectivity index (χ1) is 7.93. The van der Waals surface area contributed by atoms with Crippen LogP contribution in [0.5, 0.6) is 0 Å². The molecule has 0 spiro atoms. The summed E-state index contributed by atoms with van der Waals surface area (Å²) < 4.78 is 3.05. The minimum atomic E-state index is -0.297. The van der Waals surface area contributed by atoms with Crippen LogP contribution in [0.2, 0.25) is 10.0 Å². The largest absolute Gasteiger partial charge is 0.393 e. The van der Waals surface area contributed by atoms with Crippen molar-refractivity contribution in [2.24, 2.45) is 7.05 Å². The highest BCUT2D eigenvalue weighted by atomic mass is 35.5. The Morgan fingerprint density at radius 1 is 1.29 bits per heavy atom. The second-order valence-corrected chi connectivity index (χ2v) is 4.58. The molecule has 4 nitrogen and oxygen atoms in total. The molecule has 0 aliphatic rings. The molecule has 2 aromatic rings. The third-order valence-electron chi connectivity index (χ3n) is 2.73.